The summed E-state index contributed by atoms with van der Waals surface area (Å²) in [5, 5.41) is 10.1. The smallest absolute Gasteiger partial charge is 0.253 e. The molecule has 1 aliphatic carbocycles. The van der Waals surface area contributed by atoms with Crippen LogP contribution in [-0.4, -0.2) is 47.8 Å². The van der Waals surface area contributed by atoms with Gasteiger partial charge in [0.2, 0.25) is 5.91 Å². The van der Waals surface area contributed by atoms with Gasteiger partial charge in [0, 0.05) is 36.8 Å². The monoisotopic (exact) mass is 345 g/mol. The largest absolute Gasteiger partial charge is 0.338 e. The van der Waals surface area contributed by atoms with Gasteiger partial charge in [0.1, 0.15) is 5.41 Å². The van der Waals surface area contributed by atoms with Crippen molar-refractivity contribution in [1.82, 2.24) is 9.80 Å². The maximum absolute atomic E-state index is 12.7. The van der Waals surface area contributed by atoms with Crippen LogP contribution >= 0.6 is 11.6 Å². The Bertz CT molecular complexity index is 666. The van der Waals surface area contributed by atoms with Crippen LogP contribution in [0.3, 0.4) is 0 Å². The van der Waals surface area contributed by atoms with E-state index in [9.17, 15) is 14.9 Å². The van der Waals surface area contributed by atoms with E-state index in [0.717, 1.165) is 12.8 Å². The lowest BCUT2D eigenvalue weighted by Crippen LogP contribution is -2.53. The highest BCUT2D eigenvalue weighted by Crippen LogP contribution is 2.39. The first kappa shape index (κ1) is 16.8. The molecule has 0 bridgehead atoms. The second-order valence-corrected chi connectivity index (χ2v) is 6.93. The molecule has 6 heteroatoms. The Morgan fingerprint density at radius 1 is 1.00 bits per heavy atom. The lowest BCUT2D eigenvalue weighted by atomic mass is 9.86. The lowest BCUT2D eigenvalue weighted by Gasteiger charge is -2.37. The van der Waals surface area contributed by atoms with E-state index in [1.807, 2.05) is 0 Å². The van der Waals surface area contributed by atoms with E-state index in [0.29, 0.717) is 49.6 Å². The van der Waals surface area contributed by atoms with Crippen molar-refractivity contribution in [2.24, 2.45) is 5.41 Å². The van der Waals surface area contributed by atoms with E-state index in [2.05, 4.69) is 6.07 Å². The minimum atomic E-state index is -0.831. The molecule has 0 atom stereocenters. The van der Waals surface area contributed by atoms with Crippen molar-refractivity contribution in [2.75, 3.05) is 26.2 Å². The van der Waals surface area contributed by atoms with Crippen LogP contribution in [0.2, 0.25) is 5.02 Å². The van der Waals surface area contributed by atoms with Crippen LogP contribution in [0.5, 0.6) is 0 Å². The number of rotatable bonds is 2. The Kier molecular flexibility index (Phi) is 4.77. The lowest BCUT2D eigenvalue weighted by molar-refractivity contribution is -0.140. The van der Waals surface area contributed by atoms with Crippen molar-refractivity contribution in [3.8, 4) is 6.07 Å². The normalized spacial score (nSPS) is 19.8. The Morgan fingerprint density at radius 2 is 1.54 bits per heavy atom. The van der Waals surface area contributed by atoms with E-state index in [-0.39, 0.29) is 11.8 Å². The van der Waals surface area contributed by atoms with Crippen LogP contribution in [0.15, 0.2) is 24.3 Å². The van der Waals surface area contributed by atoms with Crippen molar-refractivity contribution < 1.29 is 9.59 Å². The first-order valence-electron chi connectivity index (χ1n) is 8.31. The third-order valence-electron chi connectivity index (χ3n) is 5.03. The minimum Gasteiger partial charge on any atom is -0.338 e. The fraction of sp³-hybridized carbons (Fsp3) is 0.500. The second-order valence-electron chi connectivity index (χ2n) is 6.49. The molecule has 1 heterocycles. The summed E-state index contributed by atoms with van der Waals surface area (Å²) in [6.45, 7) is 1.96. The van der Waals surface area contributed by atoms with Crippen molar-refractivity contribution in [3.63, 3.8) is 0 Å². The van der Waals surface area contributed by atoms with Gasteiger partial charge < -0.3 is 9.80 Å². The Morgan fingerprint density at radius 3 is 2.08 bits per heavy atom. The number of piperazine rings is 1. The number of nitrogens with zero attached hydrogens (tertiary/aromatic N) is 3. The molecule has 126 valence electrons. The molecule has 3 rings (SSSR count). The molecule has 0 unspecified atom stereocenters. The van der Waals surface area contributed by atoms with Crippen molar-refractivity contribution in [2.45, 2.75) is 25.7 Å². The molecule has 1 aliphatic heterocycles. The fourth-order valence-electron chi connectivity index (χ4n) is 3.54. The maximum atomic E-state index is 12.7. The zero-order chi connectivity index (χ0) is 17.2. The predicted octanol–water partition coefficient (Wildman–Crippen LogP) is 2.71. The Balaban J connectivity index is 1.61. The topological polar surface area (TPSA) is 64.4 Å². The van der Waals surface area contributed by atoms with E-state index < -0.39 is 5.41 Å². The molecule has 1 saturated heterocycles. The maximum Gasteiger partial charge on any atom is 0.253 e. The number of carbonyl (C=O) groups is 2. The van der Waals surface area contributed by atoms with Gasteiger partial charge in [-0.05, 0) is 37.1 Å². The number of hydrogen-bond donors (Lipinski definition) is 0. The van der Waals surface area contributed by atoms with Crippen LogP contribution < -0.4 is 0 Å². The summed E-state index contributed by atoms with van der Waals surface area (Å²) < 4.78 is 0. The van der Waals surface area contributed by atoms with Crippen molar-refractivity contribution in [1.29, 1.82) is 5.26 Å². The number of amides is 2. The molecule has 1 aromatic rings. The summed E-state index contributed by atoms with van der Waals surface area (Å²) in [5.41, 5.74) is -0.231. The molecular formula is C18H20ClN3O2. The molecule has 1 aromatic carbocycles. The molecule has 0 spiro atoms. The summed E-state index contributed by atoms with van der Waals surface area (Å²) in [7, 11) is 0. The van der Waals surface area contributed by atoms with E-state index >= 15 is 0 Å². The molecule has 2 aliphatic rings. The van der Waals surface area contributed by atoms with E-state index in [4.69, 9.17) is 11.6 Å². The zero-order valence-electron chi connectivity index (χ0n) is 13.5. The molecule has 2 amide bonds. The molecular weight excluding hydrogens is 326 g/mol. The Hall–Kier alpha value is -2.06. The Labute approximate surface area is 146 Å². The second kappa shape index (κ2) is 6.82. The minimum absolute atomic E-state index is 0.0466. The van der Waals surface area contributed by atoms with Gasteiger partial charge in [-0.1, -0.05) is 24.4 Å². The summed E-state index contributed by atoms with van der Waals surface area (Å²) in [6.07, 6.45) is 3.20. The van der Waals surface area contributed by atoms with Gasteiger partial charge in [-0.3, -0.25) is 9.59 Å². The van der Waals surface area contributed by atoms with Crippen LogP contribution in [0.25, 0.3) is 0 Å². The number of carbonyl (C=O) groups excluding carboxylic acids is 2. The number of nitriles is 1. The highest BCUT2D eigenvalue weighted by molar-refractivity contribution is 6.30. The van der Waals surface area contributed by atoms with E-state index in [1.54, 1.807) is 34.1 Å². The van der Waals surface area contributed by atoms with Crippen LogP contribution in [0.1, 0.15) is 36.0 Å². The van der Waals surface area contributed by atoms with Gasteiger partial charge in [-0.15, -0.1) is 0 Å². The van der Waals surface area contributed by atoms with Crippen LogP contribution in [0, 0.1) is 16.7 Å². The average molecular weight is 346 g/mol. The molecule has 0 aromatic heterocycles. The molecule has 24 heavy (non-hydrogen) atoms. The highest BCUT2D eigenvalue weighted by Gasteiger charge is 2.44. The van der Waals surface area contributed by atoms with E-state index in [1.165, 1.54) is 0 Å². The summed E-state index contributed by atoms with van der Waals surface area (Å²) in [6, 6.07) is 9.08. The van der Waals surface area contributed by atoms with Crippen molar-refractivity contribution >= 4 is 23.4 Å². The van der Waals surface area contributed by atoms with Crippen molar-refractivity contribution in [3.05, 3.63) is 34.9 Å². The average Bonchev–Trinajstić information content (AvgIpc) is 3.11. The summed E-state index contributed by atoms with van der Waals surface area (Å²) in [5.74, 6) is -0.101. The molecule has 1 saturated carbocycles. The fourth-order valence-corrected chi connectivity index (χ4v) is 3.67. The van der Waals surface area contributed by atoms with Gasteiger partial charge in [0.05, 0.1) is 6.07 Å². The number of benzene rings is 1. The molecule has 2 fully saturated rings. The predicted molar refractivity (Wildman–Crippen MR) is 90.4 cm³/mol. The van der Waals surface area contributed by atoms with Crippen LogP contribution in [0.4, 0.5) is 0 Å². The van der Waals surface area contributed by atoms with Gasteiger partial charge in [-0.2, -0.15) is 5.26 Å². The third kappa shape index (κ3) is 3.11. The molecule has 0 N–H and O–H groups in total. The standard InChI is InChI=1S/C18H20ClN3O2/c19-15-5-3-14(4-6-15)16(23)21-9-11-22(12-10-21)17(24)18(13-20)7-1-2-8-18/h3-6H,1-2,7-12H2. The first-order valence-corrected chi connectivity index (χ1v) is 8.69. The van der Waals surface area contributed by atoms with Gasteiger partial charge in [0.15, 0.2) is 0 Å². The van der Waals surface area contributed by atoms with Gasteiger partial charge in [0.25, 0.3) is 5.91 Å². The van der Waals surface area contributed by atoms with Crippen LogP contribution in [-0.2, 0) is 4.79 Å². The van der Waals surface area contributed by atoms with Gasteiger partial charge >= 0.3 is 0 Å². The molecule has 0 radical (unpaired) electrons. The summed E-state index contributed by atoms with van der Waals surface area (Å²) >= 11 is 5.85. The summed E-state index contributed by atoms with van der Waals surface area (Å²) in [4.78, 5) is 28.7. The molecule has 5 nitrogen and oxygen atoms in total. The first-order chi connectivity index (χ1) is 11.6. The SMILES string of the molecule is N#CC1(C(=O)N2CCN(C(=O)c3ccc(Cl)cc3)CC2)CCCC1. The number of halogens is 1. The highest BCUT2D eigenvalue weighted by atomic mass is 35.5. The quantitative estimate of drug-likeness (QED) is 0.827. The zero-order valence-corrected chi connectivity index (χ0v) is 14.3. The third-order valence-corrected chi connectivity index (χ3v) is 5.28. The van der Waals surface area contributed by atoms with Gasteiger partial charge in [-0.25, -0.2) is 0 Å². The number of hydrogen-bond acceptors (Lipinski definition) is 3.